The van der Waals surface area contributed by atoms with Crippen LogP contribution < -0.4 is 5.32 Å². The predicted molar refractivity (Wildman–Crippen MR) is 91.7 cm³/mol. The number of rotatable bonds is 6. The zero-order valence-corrected chi connectivity index (χ0v) is 14.2. The lowest BCUT2D eigenvalue weighted by molar-refractivity contribution is -0.387. The quantitative estimate of drug-likeness (QED) is 0.472. The Morgan fingerprint density at radius 2 is 2.17 bits per heavy atom. The molecule has 0 amide bonds. The van der Waals surface area contributed by atoms with Gasteiger partial charge in [0.2, 0.25) is 5.82 Å². The normalized spacial score (nSPS) is 17.0. The lowest BCUT2D eigenvalue weighted by Gasteiger charge is -2.12. The van der Waals surface area contributed by atoms with Gasteiger partial charge in [-0.2, -0.15) is 0 Å². The van der Waals surface area contributed by atoms with Gasteiger partial charge in [0.1, 0.15) is 6.33 Å². The van der Waals surface area contributed by atoms with Crippen molar-refractivity contribution in [3.05, 3.63) is 45.7 Å². The number of nitro groups is 1. The van der Waals surface area contributed by atoms with E-state index in [0.717, 1.165) is 24.3 Å². The highest BCUT2D eigenvalue weighted by Crippen LogP contribution is 2.36. The summed E-state index contributed by atoms with van der Waals surface area (Å²) in [5.74, 6) is 0.210. The number of anilines is 1. The van der Waals surface area contributed by atoms with E-state index in [2.05, 4.69) is 15.3 Å². The molecule has 1 aromatic carbocycles. The molecule has 1 atom stereocenters. The maximum Gasteiger partial charge on any atom is 0.343 e. The summed E-state index contributed by atoms with van der Waals surface area (Å²) in [5, 5.41) is 15.4. The standard InChI is InChI=1S/C15H15ClN4O3S/c16-10-3-5-12(6-4-10)24-15-13(20(21)22)14(18-9-19-15)17-8-11-2-1-7-23-11/h3-6,9,11H,1-2,7-8H2,(H,17,18,19). The summed E-state index contributed by atoms with van der Waals surface area (Å²) in [7, 11) is 0. The number of nitrogens with one attached hydrogen (secondary N) is 1. The first-order valence-corrected chi connectivity index (χ1v) is 8.61. The molecule has 24 heavy (non-hydrogen) atoms. The third-order valence-corrected chi connectivity index (χ3v) is 4.77. The summed E-state index contributed by atoms with van der Waals surface area (Å²) in [6.45, 7) is 1.22. The molecule has 2 heterocycles. The number of ether oxygens (including phenoxy) is 1. The average molecular weight is 367 g/mol. The van der Waals surface area contributed by atoms with Gasteiger partial charge < -0.3 is 10.1 Å². The lowest BCUT2D eigenvalue weighted by Crippen LogP contribution is -2.19. The molecule has 0 radical (unpaired) electrons. The van der Waals surface area contributed by atoms with Crippen LogP contribution in [-0.4, -0.2) is 34.1 Å². The van der Waals surface area contributed by atoms with Crippen LogP contribution in [0.15, 0.2) is 40.5 Å². The lowest BCUT2D eigenvalue weighted by atomic mass is 10.2. The Morgan fingerprint density at radius 3 is 2.83 bits per heavy atom. The van der Waals surface area contributed by atoms with Gasteiger partial charge in [-0.05, 0) is 37.1 Å². The topological polar surface area (TPSA) is 90.2 Å². The average Bonchev–Trinajstić information content (AvgIpc) is 3.08. The molecule has 1 saturated heterocycles. The van der Waals surface area contributed by atoms with Crippen LogP contribution in [0.3, 0.4) is 0 Å². The van der Waals surface area contributed by atoms with Crippen LogP contribution in [-0.2, 0) is 4.74 Å². The molecule has 9 heteroatoms. The Hall–Kier alpha value is -1.90. The minimum absolute atomic E-state index is 0.0620. The number of nitrogens with zero attached hydrogens (tertiary/aromatic N) is 3. The van der Waals surface area contributed by atoms with Crippen LogP contribution >= 0.6 is 23.4 Å². The van der Waals surface area contributed by atoms with E-state index in [4.69, 9.17) is 16.3 Å². The first kappa shape index (κ1) is 16.9. The predicted octanol–water partition coefficient (Wildman–Crippen LogP) is 3.78. The molecule has 126 valence electrons. The van der Waals surface area contributed by atoms with Crippen LogP contribution in [0.5, 0.6) is 0 Å². The Kier molecular flexibility index (Phi) is 5.49. The van der Waals surface area contributed by atoms with Crippen LogP contribution in [0.2, 0.25) is 5.02 Å². The second-order valence-corrected chi connectivity index (χ2v) is 6.70. The van der Waals surface area contributed by atoms with E-state index in [9.17, 15) is 10.1 Å². The van der Waals surface area contributed by atoms with E-state index in [1.807, 2.05) is 0 Å². The first-order valence-electron chi connectivity index (χ1n) is 7.42. The Labute approximate surface area is 147 Å². The fourth-order valence-corrected chi connectivity index (χ4v) is 3.35. The molecule has 7 nitrogen and oxygen atoms in total. The molecule has 1 aliphatic heterocycles. The summed E-state index contributed by atoms with van der Waals surface area (Å²) in [5.41, 5.74) is -0.129. The second-order valence-electron chi connectivity index (χ2n) is 5.21. The maximum atomic E-state index is 11.5. The van der Waals surface area contributed by atoms with Crippen molar-refractivity contribution in [3.8, 4) is 0 Å². The van der Waals surface area contributed by atoms with Gasteiger partial charge in [0.05, 0.1) is 11.0 Å². The molecule has 1 N–H and O–H groups in total. The first-order chi connectivity index (χ1) is 11.6. The van der Waals surface area contributed by atoms with Gasteiger partial charge in [0.25, 0.3) is 0 Å². The fraction of sp³-hybridized carbons (Fsp3) is 0.333. The SMILES string of the molecule is O=[N+]([O-])c1c(NCC2CCCO2)ncnc1Sc1ccc(Cl)cc1. The van der Waals surface area contributed by atoms with Crippen molar-refractivity contribution in [2.45, 2.75) is 28.9 Å². The molecular formula is C15H15ClN4O3S. The molecule has 1 unspecified atom stereocenters. The van der Waals surface area contributed by atoms with Gasteiger partial charge in [-0.1, -0.05) is 23.4 Å². The number of aromatic nitrogens is 2. The number of halogens is 1. The Morgan fingerprint density at radius 1 is 1.38 bits per heavy atom. The third-order valence-electron chi connectivity index (χ3n) is 3.52. The summed E-state index contributed by atoms with van der Waals surface area (Å²) in [6, 6.07) is 7.04. The van der Waals surface area contributed by atoms with E-state index in [1.165, 1.54) is 18.1 Å². The van der Waals surface area contributed by atoms with Crippen molar-refractivity contribution in [2.24, 2.45) is 0 Å². The van der Waals surface area contributed by atoms with Crippen molar-refractivity contribution in [2.75, 3.05) is 18.5 Å². The Bertz CT molecular complexity index is 723. The van der Waals surface area contributed by atoms with Crippen LogP contribution in [0.4, 0.5) is 11.5 Å². The minimum atomic E-state index is -0.462. The molecule has 0 aliphatic carbocycles. The van der Waals surface area contributed by atoms with Crippen LogP contribution in [0, 0.1) is 10.1 Å². The van der Waals surface area contributed by atoms with E-state index in [0.29, 0.717) is 11.6 Å². The fourth-order valence-electron chi connectivity index (χ4n) is 2.36. The highest BCUT2D eigenvalue weighted by molar-refractivity contribution is 7.99. The zero-order valence-electron chi connectivity index (χ0n) is 12.6. The van der Waals surface area contributed by atoms with Gasteiger partial charge in [0.15, 0.2) is 5.03 Å². The molecule has 1 aliphatic rings. The van der Waals surface area contributed by atoms with Crippen molar-refractivity contribution >= 4 is 34.9 Å². The molecule has 1 fully saturated rings. The van der Waals surface area contributed by atoms with E-state index >= 15 is 0 Å². The summed E-state index contributed by atoms with van der Waals surface area (Å²) >= 11 is 7.06. The van der Waals surface area contributed by atoms with E-state index in [1.54, 1.807) is 24.3 Å². The Balaban J connectivity index is 1.81. The van der Waals surface area contributed by atoms with Crippen molar-refractivity contribution in [1.82, 2.24) is 9.97 Å². The highest BCUT2D eigenvalue weighted by atomic mass is 35.5. The molecular weight excluding hydrogens is 352 g/mol. The summed E-state index contributed by atoms with van der Waals surface area (Å²) in [4.78, 5) is 19.9. The molecule has 0 saturated carbocycles. The molecule has 0 bridgehead atoms. The van der Waals surface area contributed by atoms with E-state index < -0.39 is 4.92 Å². The van der Waals surface area contributed by atoms with Crippen LogP contribution in [0.1, 0.15) is 12.8 Å². The van der Waals surface area contributed by atoms with E-state index in [-0.39, 0.29) is 22.6 Å². The maximum absolute atomic E-state index is 11.5. The molecule has 1 aromatic heterocycles. The summed E-state index contributed by atoms with van der Waals surface area (Å²) < 4.78 is 5.52. The highest BCUT2D eigenvalue weighted by Gasteiger charge is 2.25. The smallest absolute Gasteiger partial charge is 0.343 e. The van der Waals surface area contributed by atoms with Crippen LogP contribution in [0.25, 0.3) is 0 Å². The monoisotopic (exact) mass is 366 g/mol. The largest absolute Gasteiger partial charge is 0.376 e. The minimum Gasteiger partial charge on any atom is -0.376 e. The van der Waals surface area contributed by atoms with Gasteiger partial charge in [-0.3, -0.25) is 10.1 Å². The number of benzene rings is 1. The summed E-state index contributed by atoms with van der Waals surface area (Å²) in [6.07, 6.45) is 3.34. The molecule has 2 aromatic rings. The molecule has 3 rings (SSSR count). The van der Waals surface area contributed by atoms with Gasteiger partial charge >= 0.3 is 5.69 Å². The molecule has 0 spiro atoms. The third kappa shape index (κ3) is 4.14. The van der Waals surface area contributed by atoms with Gasteiger partial charge in [0, 0.05) is 23.1 Å². The van der Waals surface area contributed by atoms with Gasteiger partial charge in [-0.15, -0.1) is 0 Å². The van der Waals surface area contributed by atoms with Crippen molar-refractivity contribution < 1.29 is 9.66 Å². The zero-order chi connectivity index (χ0) is 16.9. The van der Waals surface area contributed by atoms with Crippen molar-refractivity contribution in [3.63, 3.8) is 0 Å². The van der Waals surface area contributed by atoms with Gasteiger partial charge in [-0.25, -0.2) is 9.97 Å². The number of hydrogen-bond donors (Lipinski definition) is 1. The van der Waals surface area contributed by atoms with Crippen molar-refractivity contribution in [1.29, 1.82) is 0 Å². The number of hydrogen-bond acceptors (Lipinski definition) is 7. The second kappa shape index (κ2) is 7.78.